The van der Waals surface area contributed by atoms with E-state index in [1.54, 1.807) is 36.5 Å². The summed E-state index contributed by atoms with van der Waals surface area (Å²) in [4.78, 5) is 16.1. The number of nitrogens with zero attached hydrogens (tertiary/aromatic N) is 1. The van der Waals surface area contributed by atoms with Crippen LogP contribution in [-0.4, -0.2) is 22.6 Å². The Bertz CT molecular complexity index is 650. The molecule has 2 rings (SSSR count). The van der Waals surface area contributed by atoms with Crippen LogP contribution in [0.15, 0.2) is 42.6 Å². The minimum Gasteiger partial charge on any atom is -0.384 e. The van der Waals surface area contributed by atoms with Crippen molar-refractivity contribution < 1.29 is 9.90 Å². The van der Waals surface area contributed by atoms with E-state index in [0.29, 0.717) is 11.3 Å². The highest BCUT2D eigenvalue weighted by molar-refractivity contribution is 6.04. The van der Waals surface area contributed by atoms with Gasteiger partial charge in [0.05, 0.1) is 11.9 Å². The molecule has 4 heteroatoms. The first-order valence-electron chi connectivity index (χ1n) is 6.13. The number of aryl methyl sites for hydroxylation is 1. The number of rotatable bonds is 2. The van der Waals surface area contributed by atoms with Gasteiger partial charge in [0, 0.05) is 16.8 Å². The van der Waals surface area contributed by atoms with E-state index in [9.17, 15) is 4.79 Å². The zero-order valence-electron chi connectivity index (χ0n) is 11.1. The molecule has 0 radical (unpaired) electrons. The van der Waals surface area contributed by atoms with Gasteiger partial charge in [-0.1, -0.05) is 11.8 Å². The summed E-state index contributed by atoms with van der Waals surface area (Å²) in [5.74, 6) is 5.13. The van der Waals surface area contributed by atoms with Crippen molar-refractivity contribution in [3.8, 4) is 11.8 Å². The fourth-order valence-corrected chi connectivity index (χ4v) is 1.59. The average molecular weight is 266 g/mol. The summed E-state index contributed by atoms with van der Waals surface area (Å²) in [6.45, 7) is 1.71. The largest absolute Gasteiger partial charge is 0.384 e. The van der Waals surface area contributed by atoms with Crippen LogP contribution in [0.5, 0.6) is 0 Å². The molecule has 0 spiro atoms. The minimum absolute atomic E-state index is 0.178. The first kappa shape index (κ1) is 13.8. The summed E-state index contributed by atoms with van der Waals surface area (Å²) >= 11 is 0. The summed E-state index contributed by atoms with van der Waals surface area (Å²) < 4.78 is 0. The normalized spacial score (nSPS) is 9.50. The Morgan fingerprint density at radius 2 is 2.00 bits per heavy atom. The van der Waals surface area contributed by atoms with Crippen LogP contribution in [-0.2, 0) is 0 Å². The lowest BCUT2D eigenvalue weighted by Crippen LogP contribution is -2.11. The van der Waals surface area contributed by atoms with Crippen LogP contribution < -0.4 is 5.32 Å². The molecule has 0 fully saturated rings. The second-order valence-corrected chi connectivity index (χ2v) is 4.18. The van der Waals surface area contributed by atoms with Gasteiger partial charge in [0.1, 0.15) is 6.61 Å². The molecule has 1 amide bonds. The Labute approximate surface area is 117 Å². The Balaban J connectivity index is 2.07. The maximum absolute atomic E-state index is 12.0. The number of hydrogen-bond acceptors (Lipinski definition) is 3. The zero-order chi connectivity index (χ0) is 14.4. The predicted molar refractivity (Wildman–Crippen MR) is 77.3 cm³/mol. The number of pyridine rings is 1. The van der Waals surface area contributed by atoms with Crippen molar-refractivity contribution >= 4 is 11.6 Å². The fourth-order valence-electron chi connectivity index (χ4n) is 1.59. The Hall–Kier alpha value is -2.64. The summed E-state index contributed by atoms with van der Waals surface area (Å²) in [5, 5.41) is 11.4. The smallest absolute Gasteiger partial charge is 0.255 e. The van der Waals surface area contributed by atoms with Crippen LogP contribution >= 0.6 is 0 Å². The van der Waals surface area contributed by atoms with Crippen LogP contribution in [0.4, 0.5) is 5.69 Å². The van der Waals surface area contributed by atoms with Gasteiger partial charge in [0.25, 0.3) is 5.91 Å². The highest BCUT2D eigenvalue weighted by atomic mass is 16.2. The first-order valence-corrected chi connectivity index (χ1v) is 6.13. The number of anilines is 1. The third-order valence-electron chi connectivity index (χ3n) is 2.63. The van der Waals surface area contributed by atoms with E-state index >= 15 is 0 Å². The van der Waals surface area contributed by atoms with Gasteiger partial charge in [-0.15, -0.1) is 0 Å². The molecule has 0 saturated heterocycles. The molecule has 20 heavy (non-hydrogen) atoms. The molecular weight excluding hydrogens is 252 g/mol. The standard InChI is InChI=1S/C16H14N2O2/c1-12-4-9-15(11-17-12)18-16(20)14-7-5-13(6-8-14)3-2-10-19/h4-9,11,19H,10H2,1H3,(H,18,20). The van der Waals surface area contributed by atoms with Gasteiger partial charge in [-0.25, -0.2) is 0 Å². The number of aliphatic hydroxyl groups is 1. The highest BCUT2D eigenvalue weighted by Gasteiger charge is 2.05. The molecule has 0 aliphatic heterocycles. The quantitative estimate of drug-likeness (QED) is 0.817. The van der Waals surface area contributed by atoms with Crippen molar-refractivity contribution in [1.82, 2.24) is 4.98 Å². The second-order valence-electron chi connectivity index (χ2n) is 4.18. The molecule has 0 aliphatic carbocycles. The molecule has 1 aromatic heterocycles. The number of amides is 1. The van der Waals surface area contributed by atoms with E-state index in [0.717, 1.165) is 11.3 Å². The fraction of sp³-hybridized carbons (Fsp3) is 0.125. The first-order chi connectivity index (χ1) is 9.69. The lowest BCUT2D eigenvalue weighted by Gasteiger charge is -2.05. The van der Waals surface area contributed by atoms with Gasteiger partial charge in [-0.05, 0) is 43.3 Å². The van der Waals surface area contributed by atoms with E-state index in [4.69, 9.17) is 5.11 Å². The molecule has 4 nitrogen and oxygen atoms in total. The van der Waals surface area contributed by atoms with E-state index in [1.807, 2.05) is 13.0 Å². The van der Waals surface area contributed by atoms with Crippen LogP contribution in [0.1, 0.15) is 21.6 Å². The second kappa shape index (κ2) is 6.50. The van der Waals surface area contributed by atoms with Crippen LogP contribution in [0.2, 0.25) is 0 Å². The van der Waals surface area contributed by atoms with Crippen LogP contribution in [0.25, 0.3) is 0 Å². The number of benzene rings is 1. The zero-order valence-corrected chi connectivity index (χ0v) is 11.1. The van der Waals surface area contributed by atoms with Gasteiger partial charge in [-0.3, -0.25) is 9.78 Å². The Morgan fingerprint density at radius 1 is 1.25 bits per heavy atom. The SMILES string of the molecule is Cc1ccc(NC(=O)c2ccc(C#CCO)cc2)cn1. The average Bonchev–Trinajstić information content (AvgIpc) is 2.48. The molecule has 1 heterocycles. The summed E-state index contributed by atoms with van der Waals surface area (Å²) in [7, 11) is 0. The summed E-state index contributed by atoms with van der Waals surface area (Å²) in [6, 6.07) is 10.5. The van der Waals surface area contributed by atoms with Crippen molar-refractivity contribution in [2.45, 2.75) is 6.92 Å². The Kier molecular flexibility index (Phi) is 4.48. The molecule has 0 bridgehead atoms. The molecule has 0 unspecified atom stereocenters. The van der Waals surface area contributed by atoms with Crippen molar-refractivity contribution in [2.24, 2.45) is 0 Å². The highest BCUT2D eigenvalue weighted by Crippen LogP contribution is 2.09. The molecule has 2 aromatic rings. The minimum atomic E-state index is -0.197. The van der Waals surface area contributed by atoms with Gasteiger partial charge < -0.3 is 10.4 Å². The van der Waals surface area contributed by atoms with E-state index in [1.165, 1.54) is 0 Å². The topological polar surface area (TPSA) is 62.2 Å². The predicted octanol–water partition coefficient (Wildman–Crippen LogP) is 1.99. The molecule has 1 aromatic carbocycles. The molecule has 0 aliphatic rings. The van der Waals surface area contributed by atoms with Gasteiger partial charge >= 0.3 is 0 Å². The van der Waals surface area contributed by atoms with Gasteiger partial charge in [0.15, 0.2) is 0 Å². The van der Waals surface area contributed by atoms with Crippen LogP contribution in [0, 0.1) is 18.8 Å². The molecular formula is C16H14N2O2. The lowest BCUT2D eigenvalue weighted by atomic mass is 10.1. The van der Waals surface area contributed by atoms with E-state index < -0.39 is 0 Å². The lowest BCUT2D eigenvalue weighted by molar-refractivity contribution is 0.102. The maximum atomic E-state index is 12.0. The van der Waals surface area contributed by atoms with Gasteiger partial charge in [-0.2, -0.15) is 0 Å². The number of aliphatic hydroxyl groups excluding tert-OH is 1. The summed E-state index contributed by atoms with van der Waals surface area (Å²) in [5.41, 5.74) is 2.85. The van der Waals surface area contributed by atoms with Crippen molar-refractivity contribution in [2.75, 3.05) is 11.9 Å². The molecule has 2 N–H and O–H groups in total. The number of hydrogen-bond donors (Lipinski definition) is 2. The molecule has 100 valence electrons. The maximum Gasteiger partial charge on any atom is 0.255 e. The summed E-state index contributed by atoms with van der Waals surface area (Å²) in [6.07, 6.45) is 1.62. The third kappa shape index (κ3) is 3.67. The number of carbonyl (C=O) groups excluding carboxylic acids is 1. The van der Waals surface area contributed by atoms with E-state index in [2.05, 4.69) is 22.1 Å². The Morgan fingerprint density at radius 3 is 2.60 bits per heavy atom. The van der Waals surface area contributed by atoms with Crippen molar-refractivity contribution in [1.29, 1.82) is 0 Å². The monoisotopic (exact) mass is 266 g/mol. The van der Waals surface area contributed by atoms with Gasteiger partial charge in [0.2, 0.25) is 0 Å². The van der Waals surface area contributed by atoms with Crippen LogP contribution in [0.3, 0.4) is 0 Å². The number of aromatic nitrogens is 1. The van der Waals surface area contributed by atoms with Crippen molar-refractivity contribution in [3.05, 3.63) is 59.4 Å². The molecule has 0 saturated carbocycles. The molecule has 0 atom stereocenters. The number of nitrogens with one attached hydrogen (secondary N) is 1. The third-order valence-corrected chi connectivity index (χ3v) is 2.63. The van der Waals surface area contributed by atoms with E-state index in [-0.39, 0.29) is 12.5 Å². The number of carbonyl (C=O) groups is 1. The van der Waals surface area contributed by atoms with Crippen molar-refractivity contribution in [3.63, 3.8) is 0 Å².